The van der Waals surface area contributed by atoms with E-state index in [9.17, 15) is 0 Å². The maximum Gasteiger partial charge on any atom is -0.0168 e. The molecular formula is C10H19. The van der Waals surface area contributed by atoms with E-state index in [1.54, 1.807) is 0 Å². The number of allylic oxidation sites excluding steroid dienone is 2. The Morgan fingerprint density at radius 2 is 1.90 bits per heavy atom. The van der Waals surface area contributed by atoms with Crippen LogP contribution in [-0.4, -0.2) is 0 Å². The van der Waals surface area contributed by atoms with Gasteiger partial charge >= 0.3 is 0 Å². The quantitative estimate of drug-likeness (QED) is 0.509. The Morgan fingerprint density at radius 1 is 1.20 bits per heavy atom. The van der Waals surface area contributed by atoms with E-state index in [1.165, 1.54) is 31.3 Å². The van der Waals surface area contributed by atoms with Gasteiger partial charge in [0.15, 0.2) is 0 Å². The normalized spacial score (nSPS) is 9.50. The van der Waals surface area contributed by atoms with Gasteiger partial charge in [-0.05, 0) is 26.7 Å². The van der Waals surface area contributed by atoms with Gasteiger partial charge in [-0.15, -0.1) is 0 Å². The van der Waals surface area contributed by atoms with Crippen LogP contribution >= 0.6 is 0 Å². The summed E-state index contributed by atoms with van der Waals surface area (Å²) in [5.41, 5.74) is 1.40. The fraction of sp³-hybridized carbons (Fsp3) is 0.700. The maximum absolute atomic E-state index is 2.27. The van der Waals surface area contributed by atoms with Crippen molar-refractivity contribution >= 4 is 0 Å². The molecule has 0 heteroatoms. The highest BCUT2D eigenvalue weighted by Crippen LogP contribution is 2.03. The lowest BCUT2D eigenvalue weighted by Crippen LogP contribution is -1.75. The average molecular weight is 139 g/mol. The van der Waals surface area contributed by atoms with Crippen LogP contribution in [0.15, 0.2) is 11.6 Å². The molecule has 0 atom stereocenters. The van der Waals surface area contributed by atoms with Gasteiger partial charge in [0.25, 0.3) is 0 Å². The Labute approximate surface area is 65.3 Å². The molecule has 0 heterocycles. The van der Waals surface area contributed by atoms with Crippen LogP contribution < -0.4 is 0 Å². The van der Waals surface area contributed by atoms with Crippen molar-refractivity contribution in [2.24, 2.45) is 0 Å². The first-order chi connectivity index (χ1) is 4.77. The summed E-state index contributed by atoms with van der Waals surface area (Å²) >= 11 is 0. The van der Waals surface area contributed by atoms with Gasteiger partial charge in [-0.25, -0.2) is 0 Å². The standard InChI is InChI=1S/C10H19/c1-4-5-6-7-8-9-10(2)3/h8-9H,4-7H2,1-3H3. The summed E-state index contributed by atoms with van der Waals surface area (Å²) < 4.78 is 0. The van der Waals surface area contributed by atoms with Gasteiger partial charge in [0.1, 0.15) is 0 Å². The van der Waals surface area contributed by atoms with Crippen LogP contribution in [0.2, 0.25) is 0 Å². The van der Waals surface area contributed by atoms with E-state index < -0.39 is 0 Å². The SMILES string of the molecule is CCCCC[CH]C=C(C)C. The Kier molecular flexibility index (Phi) is 6.68. The average Bonchev–Trinajstić information content (AvgIpc) is 1.87. The van der Waals surface area contributed by atoms with Crippen molar-refractivity contribution in [2.75, 3.05) is 0 Å². The van der Waals surface area contributed by atoms with Gasteiger partial charge < -0.3 is 0 Å². The van der Waals surface area contributed by atoms with Crippen LogP contribution in [0.4, 0.5) is 0 Å². The summed E-state index contributed by atoms with van der Waals surface area (Å²) in [5.74, 6) is 0. The first-order valence-corrected chi connectivity index (χ1v) is 4.24. The summed E-state index contributed by atoms with van der Waals surface area (Å²) in [6, 6.07) is 0. The second kappa shape index (κ2) is 6.85. The van der Waals surface area contributed by atoms with Gasteiger partial charge in [-0.3, -0.25) is 0 Å². The molecule has 0 N–H and O–H groups in total. The largest absolute Gasteiger partial charge is 0.0822 e. The van der Waals surface area contributed by atoms with E-state index in [1.807, 2.05) is 0 Å². The first-order valence-electron chi connectivity index (χ1n) is 4.24. The molecule has 0 aromatic rings. The van der Waals surface area contributed by atoms with E-state index in [0.717, 1.165) is 0 Å². The summed E-state index contributed by atoms with van der Waals surface area (Å²) in [6.07, 6.45) is 9.76. The van der Waals surface area contributed by atoms with Crippen molar-refractivity contribution in [2.45, 2.75) is 46.5 Å². The molecule has 0 aromatic carbocycles. The molecule has 0 aliphatic rings. The fourth-order valence-corrected chi connectivity index (χ4v) is 0.831. The van der Waals surface area contributed by atoms with E-state index in [-0.39, 0.29) is 0 Å². The molecule has 0 aromatic heterocycles. The Hall–Kier alpha value is -0.260. The van der Waals surface area contributed by atoms with Crippen molar-refractivity contribution < 1.29 is 0 Å². The van der Waals surface area contributed by atoms with Crippen molar-refractivity contribution in [3.8, 4) is 0 Å². The third-order valence-corrected chi connectivity index (χ3v) is 1.43. The Balaban J connectivity index is 2.98. The van der Waals surface area contributed by atoms with Crippen molar-refractivity contribution in [1.82, 2.24) is 0 Å². The summed E-state index contributed by atoms with van der Waals surface area (Å²) in [5, 5.41) is 0. The molecule has 0 rings (SSSR count). The zero-order valence-electron chi connectivity index (χ0n) is 7.48. The number of hydrogen-bond donors (Lipinski definition) is 0. The molecule has 0 amide bonds. The van der Waals surface area contributed by atoms with Crippen molar-refractivity contribution in [3.05, 3.63) is 18.1 Å². The molecular weight excluding hydrogens is 120 g/mol. The van der Waals surface area contributed by atoms with Gasteiger partial charge in [0, 0.05) is 0 Å². The molecule has 0 fully saturated rings. The minimum atomic E-state index is 1.25. The monoisotopic (exact) mass is 139 g/mol. The number of rotatable bonds is 5. The van der Waals surface area contributed by atoms with Crippen molar-refractivity contribution in [3.63, 3.8) is 0 Å². The highest BCUT2D eigenvalue weighted by atomic mass is 13.9. The molecule has 0 saturated carbocycles. The third kappa shape index (κ3) is 7.74. The lowest BCUT2D eigenvalue weighted by atomic mass is 10.1. The van der Waals surface area contributed by atoms with Crippen molar-refractivity contribution in [1.29, 1.82) is 0 Å². The van der Waals surface area contributed by atoms with Gasteiger partial charge in [-0.2, -0.15) is 0 Å². The number of unbranched alkanes of at least 4 members (excludes halogenated alkanes) is 4. The van der Waals surface area contributed by atoms with E-state index in [2.05, 4.69) is 33.3 Å². The molecule has 59 valence electrons. The molecule has 0 saturated heterocycles. The summed E-state index contributed by atoms with van der Waals surface area (Å²) in [6.45, 7) is 6.51. The highest BCUT2D eigenvalue weighted by Gasteiger charge is 1.84. The lowest BCUT2D eigenvalue weighted by Gasteiger charge is -1.94. The van der Waals surface area contributed by atoms with Crippen LogP contribution in [-0.2, 0) is 0 Å². The van der Waals surface area contributed by atoms with Crippen LogP contribution in [0.1, 0.15) is 46.5 Å². The highest BCUT2D eigenvalue weighted by molar-refractivity contribution is 5.01. The zero-order valence-corrected chi connectivity index (χ0v) is 7.48. The molecule has 0 unspecified atom stereocenters. The molecule has 0 bridgehead atoms. The molecule has 1 radical (unpaired) electrons. The summed E-state index contributed by atoms with van der Waals surface area (Å²) in [7, 11) is 0. The maximum atomic E-state index is 2.27. The van der Waals surface area contributed by atoms with Gasteiger partial charge in [0.05, 0.1) is 0 Å². The molecule has 0 nitrogen and oxygen atoms in total. The smallest absolute Gasteiger partial charge is 0.0168 e. The molecule has 0 aliphatic carbocycles. The Bertz CT molecular complexity index is 86.2. The number of hydrogen-bond acceptors (Lipinski definition) is 0. The molecule has 10 heavy (non-hydrogen) atoms. The molecule has 0 aliphatic heterocycles. The minimum Gasteiger partial charge on any atom is -0.0822 e. The van der Waals surface area contributed by atoms with E-state index >= 15 is 0 Å². The predicted molar refractivity (Wildman–Crippen MR) is 47.9 cm³/mol. The van der Waals surface area contributed by atoms with Gasteiger partial charge in [-0.1, -0.05) is 37.8 Å². The fourth-order valence-electron chi connectivity index (χ4n) is 0.831. The van der Waals surface area contributed by atoms with Crippen LogP contribution in [0.5, 0.6) is 0 Å². The third-order valence-electron chi connectivity index (χ3n) is 1.43. The Morgan fingerprint density at radius 3 is 2.40 bits per heavy atom. The summed E-state index contributed by atoms with van der Waals surface area (Å²) in [4.78, 5) is 0. The minimum absolute atomic E-state index is 1.25. The molecule has 0 spiro atoms. The second-order valence-electron chi connectivity index (χ2n) is 2.98. The van der Waals surface area contributed by atoms with E-state index in [4.69, 9.17) is 0 Å². The van der Waals surface area contributed by atoms with Gasteiger partial charge in [0.2, 0.25) is 0 Å². The van der Waals surface area contributed by atoms with E-state index in [0.29, 0.717) is 0 Å². The second-order valence-corrected chi connectivity index (χ2v) is 2.98. The zero-order chi connectivity index (χ0) is 7.82. The topological polar surface area (TPSA) is 0 Å². The van der Waals surface area contributed by atoms with Crippen LogP contribution in [0, 0.1) is 6.42 Å². The predicted octanol–water partition coefficient (Wildman–Crippen LogP) is 3.74. The lowest BCUT2D eigenvalue weighted by molar-refractivity contribution is 0.717. The first kappa shape index (κ1) is 9.74. The van der Waals surface area contributed by atoms with Crippen LogP contribution in [0.3, 0.4) is 0 Å². The van der Waals surface area contributed by atoms with Crippen LogP contribution in [0.25, 0.3) is 0 Å².